The van der Waals surface area contributed by atoms with E-state index in [0.717, 1.165) is 42.6 Å². The molecular formula is C23H29FN2O3. The van der Waals surface area contributed by atoms with Gasteiger partial charge < -0.3 is 20.1 Å². The van der Waals surface area contributed by atoms with Gasteiger partial charge in [0.15, 0.2) is 0 Å². The Bertz CT molecular complexity index is 822. The maximum absolute atomic E-state index is 15.0. The lowest BCUT2D eigenvalue weighted by atomic mass is 9.85. The van der Waals surface area contributed by atoms with Crippen molar-refractivity contribution in [2.45, 2.75) is 25.9 Å². The molecule has 1 aliphatic rings. The number of hydrogen-bond acceptors (Lipinski definition) is 4. The Morgan fingerprint density at radius 1 is 1.31 bits per heavy atom. The zero-order chi connectivity index (χ0) is 20.6. The van der Waals surface area contributed by atoms with Gasteiger partial charge in [0.05, 0.1) is 19.8 Å². The number of amides is 1. The van der Waals surface area contributed by atoms with Gasteiger partial charge >= 0.3 is 6.09 Å². The Morgan fingerprint density at radius 3 is 2.86 bits per heavy atom. The molecule has 0 spiro atoms. The lowest BCUT2D eigenvalue weighted by molar-refractivity contribution is 0.00495. The van der Waals surface area contributed by atoms with Crippen molar-refractivity contribution < 1.29 is 18.7 Å². The number of alkyl carbamates (subject to hydrolysis) is 1. The fourth-order valence-electron chi connectivity index (χ4n) is 3.91. The van der Waals surface area contributed by atoms with Gasteiger partial charge in [-0.25, -0.2) is 9.18 Å². The molecule has 1 heterocycles. The number of aryl methyl sites for hydroxylation is 1. The average molecular weight is 400 g/mol. The Hall–Kier alpha value is -2.44. The van der Waals surface area contributed by atoms with Gasteiger partial charge in [-0.2, -0.15) is 0 Å². The highest BCUT2D eigenvalue weighted by Crippen LogP contribution is 2.38. The van der Waals surface area contributed by atoms with Gasteiger partial charge in [-0.3, -0.25) is 0 Å². The standard InChI is InChI=1S/C23H29FN2O3/c1-16-6-3-7-17(14-16)21-19(9-4-10-20(21)24)22(18-8-5-11-25-15-18)29-13-12-26-23(27)28-2/h3-4,6-7,9-10,14,18,22,25H,5,8,11-13,15H2,1-2H3,(H,26,27)/t18-,22?/m1/s1. The summed E-state index contributed by atoms with van der Waals surface area (Å²) in [5.41, 5.74) is 3.37. The van der Waals surface area contributed by atoms with Crippen LogP contribution in [0.25, 0.3) is 11.1 Å². The fourth-order valence-corrected chi connectivity index (χ4v) is 3.91. The molecule has 0 saturated carbocycles. The second-order valence-electron chi connectivity index (χ2n) is 7.39. The molecule has 156 valence electrons. The van der Waals surface area contributed by atoms with Crippen LogP contribution in [0.4, 0.5) is 9.18 Å². The molecule has 2 atom stereocenters. The van der Waals surface area contributed by atoms with Crippen LogP contribution in [0, 0.1) is 18.7 Å². The second kappa shape index (κ2) is 10.4. The minimum atomic E-state index is -0.490. The molecule has 3 rings (SSSR count). The first-order valence-electron chi connectivity index (χ1n) is 10.1. The van der Waals surface area contributed by atoms with Crippen LogP contribution >= 0.6 is 0 Å². The zero-order valence-corrected chi connectivity index (χ0v) is 17.0. The van der Waals surface area contributed by atoms with E-state index in [0.29, 0.717) is 18.7 Å². The third-order valence-electron chi connectivity index (χ3n) is 5.28. The molecule has 2 aromatic carbocycles. The van der Waals surface area contributed by atoms with Crippen molar-refractivity contribution in [2.75, 3.05) is 33.4 Å². The van der Waals surface area contributed by atoms with Gasteiger partial charge in [0.1, 0.15) is 5.82 Å². The molecule has 1 amide bonds. The highest BCUT2D eigenvalue weighted by atomic mass is 19.1. The molecule has 29 heavy (non-hydrogen) atoms. The van der Waals surface area contributed by atoms with E-state index >= 15 is 0 Å². The summed E-state index contributed by atoms with van der Waals surface area (Å²) < 4.78 is 25.8. The average Bonchev–Trinajstić information content (AvgIpc) is 2.74. The largest absolute Gasteiger partial charge is 0.453 e. The topological polar surface area (TPSA) is 59.6 Å². The lowest BCUT2D eigenvalue weighted by Crippen LogP contribution is -2.35. The normalized spacial score (nSPS) is 17.6. The summed E-state index contributed by atoms with van der Waals surface area (Å²) in [7, 11) is 1.33. The minimum absolute atomic E-state index is 0.229. The number of carbonyl (C=O) groups is 1. The summed E-state index contributed by atoms with van der Waals surface area (Å²) in [6, 6.07) is 13.1. The summed E-state index contributed by atoms with van der Waals surface area (Å²) in [4.78, 5) is 11.3. The predicted octanol–water partition coefficient (Wildman–Crippen LogP) is 4.21. The van der Waals surface area contributed by atoms with Crippen molar-refractivity contribution in [3.63, 3.8) is 0 Å². The Kier molecular flexibility index (Phi) is 7.61. The van der Waals surface area contributed by atoms with Gasteiger partial charge in [0, 0.05) is 24.6 Å². The number of benzene rings is 2. The molecule has 2 N–H and O–H groups in total. The molecule has 1 saturated heterocycles. The van der Waals surface area contributed by atoms with Crippen molar-refractivity contribution in [2.24, 2.45) is 5.92 Å². The van der Waals surface area contributed by atoms with Gasteiger partial charge in [-0.15, -0.1) is 0 Å². The van der Waals surface area contributed by atoms with Crippen molar-refractivity contribution >= 4 is 6.09 Å². The van der Waals surface area contributed by atoms with Crippen LogP contribution in [-0.2, 0) is 9.47 Å². The highest BCUT2D eigenvalue weighted by Gasteiger charge is 2.29. The highest BCUT2D eigenvalue weighted by molar-refractivity contribution is 5.69. The number of carbonyl (C=O) groups excluding carboxylic acids is 1. The van der Waals surface area contributed by atoms with Crippen molar-refractivity contribution in [3.8, 4) is 11.1 Å². The van der Waals surface area contributed by atoms with E-state index in [1.807, 2.05) is 37.3 Å². The van der Waals surface area contributed by atoms with Crippen molar-refractivity contribution in [1.29, 1.82) is 0 Å². The molecule has 1 unspecified atom stereocenters. The van der Waals surface area contributed by atoms with Crippen LogP contribution in [-0.4, -0.2) is 39.4 Å². The molecule has 0 aliphatic carbocycles. The van der Waals surface area contributed by atoms with Crippen LogP contribution in [0.3, 0.4) is 0 Å². The molecule has 0 aromatic heterocycles. The van der Waals surface area contributed by atoms with E-state index in [1.54, 1.807) is 6.07 Å². The van der Waals surface area contributed by atoms with Crippen LogP contribution in [0.1, 0.15) is 30.1 Å². The van der Waals surface area contributed by atoms with Gasteiger partial charge in [0.25, 0.3) is 0 Å². The molecule has 1 fully saturated rings. The Morgan fingerprint density at radius 2 is 2.14 bits per heavy atom. The zero-order valence-electron chi connectivity index (χ0n) is 17.0. The number of hydrogen-bond donors (Lipinski definition) is 2. The lowest BCUT2D eigenvalue weighted by Gasteiger charge is -2.32. The van der Waals surface area contributed by atoms with Crippen LogP contribution in [0.5, 0.6) is 0 Å². The van der Waals surface area contributed by atoms with E-state index in [-0.39, 0.29) is 17.8 Å². The van der Waals surface area contributed by atoms with Crippen LogP contribution in [0.2, 0.25) is 0 Å². The van der Waals surface area contributed by atoms with Gasteiger partial charge in [-0.05, 0) is 43.5 Å². The van der Waals surface area contributed by atoms with Gasteiger partial charge in [-0.1, -0.05) is 42.0 Å². The van der Waals surface area contributed by atoms with Crippen LogP contribution < -0.4 is 10.6 Å². The molecule has 2 aromatic rings. The molecule has 6 heteroatoms. The minimum Gasteiger partial charge on any atom is -0.453 e. The number of ether oxygens (including phenoxy) is 2. The quantitative estimate of drug-likeness (QED) is 0.684. The third kappa shape index (κ3) is 5.55. The Balaban J connectivity index is 1.90. The van der Waals surface area contributed by atoms with Crippen molar-refractivity contribution in [3.05, 3.63) is 59.4 Å². The predicted molar refractivity (Wildman–Crippen MR) is 111 cm³/mol. The number of halogens is 1. The number of nitrogens with one attached hydrogen (secondary N) is 2. The third-order valence-corrected chi connectivity index (χ3v) is 5.28. The summed E-state index contributed by atoms with van der Waals surface area (Å²) in [5.74, 6) is -0.0228. The van der Waals surface area contributed by atoms with E-state index in [1.165, 1.54) is 13.2 Å². The van der Waals surface area contributed by atoms with E-state index in [9.17, 15) is 9.18 Å². The maximum atomic E-state index is 15.0. The molecule has 0 radical (unpaired) electrons. The maximum Gasteiger partial charge on any atom is 0.406 e. The summed E-state index contributed by atoms with van der Waals surface area (Å²) >= 11 is 0. The Labute approximate surface area is 171 Å². The fraction of sp³-hybridized carbons (Fsp3) is 0.435. The number of rotatable bonds is 7. The van der Waals surface area contributed by atoms with E-state index in [2.05, 4.69) is 15.4 Å². The number of piperidine rings is 1. The summed E-state index contributed by atoms with van der Waals surface area (Å²) in [6.45, 7) is 4.46. The first-order valence-corrected chi connectivity index (χ1v) is 10.1. The first kappa shape index (κ1) is 21.3. The molecule has 0 bridgehead atoms. The number of methoxy groups -OCH3 is 1. The summed E-state index contributed by atoms with van der Waals surface area (Å²) in [6.07, 6.45) is 1.30. The monoisotopic (exact) mass is 400 g/mol. The van der Waals surface area contributed by atoms with Crippen molar-refractivity contribution in [1.82, 2.24) is 10.6 Å². The summed E-state index contributed by atoms with van der Waals surface area (Å²) in [5, 5.41) is 6.05. The first-order chi connectivity index (χ1) is 14.1. The smallest absolute Gasteiger partial charge is 0.406 e. The SMILES string of the molecule is COC(=O)NCCOC(c1cccc(F)c1-c1cccc(C)c1)[C@@H]1CCCNC1. The molecule has 5 nitrogen and oxygen atoms in total. The van der Waals surface area contributed by atoms with E-state index in [4.69, 9.17) is 4.74 Å². The van der Waals surface area contributed by atoms with Crippen LogP contribution in [0.15, 0.2) is 42.5 Å². The molecular weight excluding hydrogens is 371 g/mol. The second-order valence-corrected chi connectivity index (χ2v) is 7.39. The van der Waals surface area contributed by atoms with E-state index < -0.39 is 6.09 Å². The molecule has 1 aliphatic heterocycles. The van der Waals surface area contributed by atoms with Gasteiger partial charge in [0.2, 0.25) is 0 Å².